The summed E-state index contributed by atoms with van der Waals surface area (Å²) in [5.41, 5.74) is 0.620. The first-order valence-electron chi connectivity index (χ1n) is 7.18. The maximum absolute atomic E-state index is 12.2. The molecule has 0 saturated carbocycles. The Bertz CT molecular complexity index is 584. The number of hydrogen-bond donors (Lipinski definition) is 0. The Morgan fingerprint density at radius 2 is 2.14 bits per heavy atom. The molecule has 0 atom stereocenters. The Morgan fingerprint density at radius 1 is 1.33 bits per heavy atom. The average molecular weight is 289 g/mol. The van der Waals surface area contributed by atoms with Gasteiger partial charge in [0, 0.05) is 32.7 Å². The molecule has 3 heterocycles. The summed E-state index contributed by atoms with van der Waals surface area (Å²) < 4.78 is 6.87. The number of carbonyl (C=O) groups is 1. The van der Waals surface area contributed by atoms with Crippen molar-refractivity contribution < 1.29 is 9.21 Å². The van der Waals surface area contributed by atoms with E-state index in [9.17, 15) is 4.79 Å². The van der Waals surface area contributed by atoms with Crippen LogP contribution in [0.2, 0.25) is 0 Å². The van der Waals surface area contributed by atoms with E-state index in [1.165, 1.54) is 12.5 Å². The van der Waals surface area contributed by atoms with Crippen LogP contribution in [0.5, 0.6) is 0 Å². The molecule has 1 fully saturated rings. The third-order valence-electron chi connectivity index (χ3n) is 3.79. The van der Waals surface area contributed by atoms with Crippen LogP contribution in [0.3, 0.4) is 0 Å². The number of carbonyl (C=O) groups excluding carboxylic acids is 1. The fraction of sp³-hybridized carbons (Fsp3) is 0.500. The lowest BCUT2D eigenvalue weighted by Gasteiger charge is -2.34. The van der Waals surface area contributed by atoms with E-state index in [2.05, 4.69) is 21.9 Å². The molecule has 0 aromatic carbocycles. The molecule has 7 nitrogen and oxygen atoms in total. The van der Waals surface area contributed by atoms with Crippen LogP contribution in [-0.4, -0.2) is 56.7 Å². The molecule has 0 unspecified atom stereocenters. The van der Waals surface area contributed by atoms with E-state index < -0.39 is 0 Å². The number of nitrogens with zero attached hydrogens (tertiary/aromatic N) is 5. The normalized spacial score (nSPS) is 16.3. The highest BCUT2D eigenvalue weighted by atomic mass is 16.3. The lowest BCUT2D eigenvalue weighted by atomic mass is 10.2. The molecule has 7 heteroatoms. The van der Waals surface area contributed by atoms with Gasteiger partial charge in [-0.15, -0.1) is 0 Å². The monoisotopic (exact) mass is 289 g/mol. The fourth-order valence-electron chi connectivity index (χ4n) is 2.55. The van der Waals surface area contributed by atoms with Gasteiger partial charge in [0.2, 0.25) is 0 Å². The van der Waals surface area contributed by atoms with E-state index in [0.717, 1.165) is 45.1 Å². The smallest absolute Gasteiger partial charge is 0.257 e. The van der Waals surface area contributed by atoms with E-state index >= 15 is 0 Å². The van der Waals surface area contributed by atoms with E-state index in [4.69, 9.17) is 4.42 Å². The summed E-state index contributed by atoms with van der Waals surface area (Å²) in [6.45, 7) is 6.81. The highest BCUT2D eigenvalue weighted by molar-refractivity contribution is 5.93. The maximum atomic E-state index is 12.2. The summed E-state index contributed by atoms with van der Waals surface area (Å²) in [7, 11) is 0. The van der Waals surface area contributed by atoms with Gasteiger partial charge >= 0.3 is 0 Å². The molecule has 0 aliphatic carbocycles. The number of furan rings is 1. The van der Waals surface area contributed by atoms with Crippen LogP contribution in [0, 0.1) is 0 Å². The van der Waals surface area contributed by atoms with Crippen molar-refractivity contribution in [1.82, 2.24) is 24.6 Å². The number of hydrogen-bond acceptors (Lipinski definition) is 5. The van der Waals surface area contributed by atoms with Crippen LogP contribution >= 0.6 is 0 Å². The Kier molecular flexibility index (Phi) is 4.01. The molecule has 2 aromatic heterocycles. The van der Waals surface area contributed by atoms with Crippen LogP contribution in [0.1, 0.15) is 23.1 Å². The van der Waals surface area contributed by atoms with Gasteiger partial charge < -0.3 is 9.32 Å². The molecule has 21 heavy (non-hydrogen) atoms. The fourth-order valence-corrected chi connectivity index (χ4v) is 2.55. The quantitative estimate of drug-likeness (QED) is 0.834. The van der Waals surface area contributed by atoms with Crippen LogP contribution < -0.4 is 0 Å². The summed E-state index contributed by atoms with van der Waals surface area (Å²) in [5, 5.41) is 4.18. The van der Waals surface area contributed by atoms with Gasteiger partial charge in [-0.25, -0.2) is 9.67 Å². The number of piperazine rings is 1. The van der Waals surface area contributed by atoms with Crippen LogP contribution in [0.15, 0.2) is 29.3 Å². The average Bonchev–Trinajstić information content (AvgIpc) is 3.18. The molecule has 0 radical (unpaired) electrons. The summed E-state index contributed by atoms with van der Waals surface area (Å²) in [5.74, 6) is 1.02. The summed E-state index contributed by atoms with van der Waals surface area (Å²) in [4.78, 5) is 20.7. The highest BCUT2D eigenvalue weighted by Gasteiger charge is 2.23. The predicted molar refractivity (Wildman–Crippen MR) is 75.6 cm³/mol. The van der Waals surface area contributed by atoms with Crippen molar-refractivity contribution in [3.63, 3.8) is 0 Å². The molecule has 0 N–H and O–H groups in total. The topological polar surface area (TPSA) is 67.4 Å². The lowest BCUT2D eigenvalue weighted by molar-refractivity contribution is 0.0623. The summed E-state index contributed by atoms with van der Waals surface area (Å²) >= 11 is 0. The molecule has 1 saturated heterocycles. The second-order valence-corrected chi connectivity index (χ2v) is 5.07. The molecule has 2 aromatic rings. The first-order valence-corrected chi connectivity index (χ1v) is 7.18. The van der Waals surface area contributed by atoms with Crippen LogP contribution in [0.4, 0.5) is 0 Å². The van der Waals surface area contributed by atoms with Crippen molar-refractivity contribution >= 4 is 5.91 Å². The van der Waals surface area contributed by atoms with E-state index in [0.29, 0.717) is 5.56 Å². The zero-order chi connectivity index (χ0) is 14.7. The zero-order valence-corrected chi connectivity index (χ0v) is 12.1. The Balaban J connectivity index is 1.54. The van der Waals surface area contributed by atoms with Gasteiger partial charge in [-0.1, -0.05) is 0 Å². The third kappa shape index (κ3) is 2.97. The molecule has 1 amide bonds. The van der Waals surface area contributed by atoms with Gasteiger partial charge in [-0.2, -0.15) is 5.10 Å². The molecular formula is C14H19N5O2. The second-order valence-electron chi connectivity index (χ2n) is 5.07. The third-order valence-corrected chi connectivity index (χ3v) is 3.79. The van der Waals surface area contributed by atoms with Gasteiger partial charge in [-0.05, 0) is 13.0 Å². The first kappa shape index (κ1) is 13.8. The van der Waals surface area contributed by atoms with Crippen molar-refractivity contribution in [3.05, 3.63) is 36.3 Å². The number of rotatable bonds is 4. The summed E-state index contributed by atoms with van der Waals surface area (Å²) in [6.07, 6.45) is 4.62. The second kappa shape index (κ2) is 6.09. The number of aryl methyl sites for hydroxylation is 1. The molecule has 0 spiro atoms. The van der Waals surface area contributed by atoms with Gasteiger partial charge in [0.25, 0.3) is 5.91 Å². The SMILES string of the molecule is CCn1ncnc1CN1CCN(C(=O)c2ccoc2)CC1. The first-order chi connectivity index (χ1) is 10.3. The largest absolute Gasteiger partial charge is 0.472 e. The molecule has 0 bridgehead atoms. The lowest BCUT2D eigenvalue weighted by Crippen LogP contribution is -2.48. The molecule has 112 valence electrons. The van der Waals surface area contributed by atoms with Crippen molar-refractivity contribution in [2.75, 3.05) is 26.2 Å². The molecular weight excluding hydrogens is 270 g/mol. The van der Waals surface area contributed by atoms with Crippen molar-refractivity contribution in [2.24, 2.45) is 0 Å². The van der Waals surface area contributed by atoms with Crippen molar-refractivity contribution in [2.45, 2.75) is 20.0 Å². The van der Waals surface area contributed by atoms with E-state index in [1.54, 1.807) is 12.4 Å². The van der Waals surface area contributed by atoms with Crippen molar-refractivity contribution in [3.8, 4) is 0 Å². The Morgan fingerprint density at radius 3 is 2.81 bits per heavy atom. The number of aromatic nitrogens is 3. The number of amides is 1. The summed E-state index contributed by atoms with van der Waals surface area (Å²) in [6, 6.07) is 1.71. The zero-order valence-electron chi connectivity index (χ0n) is 12.1. The molecule has 1 aliphatic rings. The standard InChI is InChI=1S/C14H19N5O2/c1-2-19-13(15-11-16-19)9-17-4-6-18(7-5-17)14(20)12-3-8-21-10-12/h3,8,10-11H,2,4-7,9H2,1H3. The minimum Gasteiger partial charge on any atom is -0.472 e. The molecule has 3 rings (SSSR count). The van der Waals surface area contributed by atoms with Gasteiger partial charge in [0.15, 0.2) is 0 Å². The predicted octanol–water partition coefficient (Wildman–Crippen LogP) is 0.849. The van der Waals surface area contributed by atoms with Crippen LogP contribution in [0.25, 0.3) is 0 Å². The van der Waals surface area contributed by atoms with Crippen molar-refractivity contribution in [1.29, 1.82) is 0 Å². The van der Waals surface area contributed by atoms with Crippen LogP contribution in [-0.2, 0) is 13.1 Å². The van der Waals surface area contributed by atoms with Gasteiger partial charge in [-0.3, -0.25) is 9.69 Å². The van der Waals surface area contributed by atoms with E-state index in [-0.39, 0.29) is 5.91 Å². The highest BCUT2D eigenvalue weighted by Crippen LogP contribution is 2.11. The van der Waals surface area contributed by atoms with Gasteiger partial charge in [0.05, 0.1) is 18.4 Å². The molecule has 1 aliphatic heterocycles. The Hall–Kier alpha value is -2.15. The minimum absolute atomic E-state index is 0.0418. The Labute approximate surface area is 123 Å². The minimum atomic E-state index is 0.0418. The maximum Gasteiger partial charge on any atom is 0.257 e. The van der Waals surface area contributed by atoms with Gasteiger partial charge in [0.1, 0.15) is 18.4 Å². The van der Waals surface area contributed by atoms with E-state index in [1.807, 2.05) is 9.58 Å².